The number of carbonyl (C=O) groups excluding carboxylic acids is 2. The SMILES string of the molecule is Cc1cc(NC(=O)C2CCCCC2CC(=O)c2ccc(-c3ccn[nH]3)cc2)on1. The number of ketones is 1. The van der Waals surface area contributed by atoms with Crippen LogP contribution in [0.25, 0.3) is 11.3 Å². The summed E-state index contributed by atoms with van der Waals surface area (Å²) < 4.78 is 5.10. The van der Waals surface area contributed by atoms with E-state index in [9.17, 15) is 9.59 Å². The van der Waals surface area contributed by atoms with E-state index in [1.54, 1.807) is 19.2 Å². The molecule has 2 heterocycles. The summed E-state index contributed by atoms with van der Waals surface area (Å²) in [6.07, 6.45) is 5.78. The van der Waals surface area contributed by atoms with Gasteiger partial charge in [0.2, 0.25) is 11.8 Å². The molecule has 0 bridgehead atoms. The molecule has 0 radical (unpaired) electrons. The molecular weight excluding hydrogens is 368 g/mol. The van der Waals surface area contributed by atoms with Crippen LogP contribution in [-0.4, -0.2) is 27.0 Å². The van der Waals surface area contributed by atoms with Gasteiger partial charge >= 0.3 is 0 Å². The van der Waals surface area contributed by atoms with Crippen LogP contribution in [0.15, 0.2) is 47.1 Å². The van der Waals surface area contributed by atoms with Gasteiger partial charge in [-0.25, -0.2) is 0 Å². The standard InChI is InChI=1S/C22H24N4O3/c1-14-12-21(29-26-14)24-22(28)18-5-3-2-4-17(18)13-20(27)16-8-6-15(7-9-16)19-10-11-23-25-19/h6-12,17-18H,2-5,13H2,1H3,(H,23,25)(H,24,28). The molecule has 7 heteroatoms. The van der Waals surface area contributed by atoms with Gasteiger partial charge in [-0.1, -0.05) is 42.3 Å². The van der Waals surface area contributed by atoms with Crippen molar-refractivity contribution < 1.29 is 14.1 Å². The molecule has 2 aromatic heterocycles. The molecule has 0 saturated heterocycles. The lowest BCUT2D eigenvalue weighted by Gasteiger charge is -2.29. The Morgan fingerprint density at radius 3 is 2.66 bits per heavy atom. The molecule has 7 nitrogen and oxygen atoms in total. The Bertz CT molecular complexity index is 976. The summed E-state index contributed by atoms with van der Waals surface area (Å²) in [4.78, 5) is 25.6. The summed E-state index contributed by atoms with van der Waals surface area (Å²) >= 11 is 0. The van der Waals surface area contributed by atoms with E-state index < -0.39 is 0 Å². The lowest BCUT2D eigenvalue weighted by Crippen LogP contribution is -2.33. The van der Waals surface area contributed by atoms with Crippen LogP contribution in [0.1, 0.15) is 48.2 Å². The van der Waals surface area contributed by atoms with Crippen LogP contribution >= 0.6 is 0 Å². The number of aromatic nitrogens is 3. The highest BCUT2D eigenvalue weighted by atomic mass is 16.5. The Morgan fingerprint density at radius 2 is 1.97 bits per heavy atom. The fourth-order valence-electron chi connectivity index (χ4n) is 4.04. The van der Waals surface area contributed by atoms with Crippen molar-refractivity contribution in [2.24, 2.45) is 11.8 Å². The molecule has 0 aliphatic heterocycles. The van der Waals surface area contributed by atoms with Crippen molar-refractivity contribution in [1.82, 2.24) is 15.4 Å². The summed E-state index contributed by atoms with van der Waals surface area (Å²) in [6.45, 7) is 1.80. The predicted molar refractivity (Wildman–Crippen MR) is 108 cm³/mol. The fraction of sp³-hybridized carbons (Fsp3) is 0.364. The molecular formula is C22H24N4O3. The number of benzene rings is 1. The number of nitrogens with zero attached hydrogens (tertiary/aromatic N) is 2. The molecule has 1 aliphatic carbocycles. The summed E-state index contributed by atoms with van der Waals surface area (Å²) in [5, 5.41) is 13.5. The second kappa shape index (κ2) is 8.43. The fourth-order valence-corrected chi connectivity index (χ4v) is 4.04. The van der Waals surface area contributed by atoms with Gasteiger partial charge in [-0.2, -0.15) is 5.10 Å². The largest absolute Gasteiger partial charge is 0.338 e. The lowest BCUT2D eigenvalue weighted by molar-refractivity contribution is -0.122. The molecule has 1 fully saturated rings. The van der Waals surface area contributed by atoms with Crippen molar-refractivity contribution >= 4 is 17.6 Å². The molecule has 2 atom stereocenters. The number of carbonyl (C=O) groups is 2. The van der Waals surface area contributed by atoms with Crippen molar-refractivity contribution in [3.05, 3.63) is 53.9 Å². The second-order valence-electron chi connectivity index (χ2n) is 7.65. The predicted octanol–water partition coefficient (Wildman–Crippen LogP) is 4.39. The van der Waals surface area contributed by atoms with E-state index in [1.165, 1.54) is 0 Å². The first-order chi connectivity index (χ1) is 14.1. The highest BCUT2D eigenvalue weighted by Gasteiger charge is 2.33. The van der Waals surface area contributed by atoms with Crippen LogP contribution in [0.4, 0.5) is 5.88 Å². The van der Waals surface area contributed by atoms with Crippen molar-refractivity contribution in [1.29, 1.82) is 0 Å². The first kappa shape index (κ1) is 19.1. The Labute approximate surface area is 168 Å². The number of hydrogen-bond acceptors (Lipinski definition) is 5. The molecule has 1 saturated carbocycles. The number of amides is 1. The summed E-state index contributed by atoms with van der Waals surface area (Å²) in [7, 11) is 0. The summed E-state index contributed by atoms with van der Waals surface area (Å²) in [6, 6.07) is 11.1. The minimum atomic E-state index is -0.192. The minimum absolute atomic E-state index is 0.0348. The number of Topliss-reactive ketones (excluding diaryl/α,β-unsaturated/α-hetero) is 1. The number of aromatic amines is 1. The van der Waals surface area contributed by atoms with E-state index in [-0.39, 0.29) is 23.5 Å². The van der Waals surface area contributed by atoms with Gasteiger partial charge in [0.1, 0.15) is 0 Å². The van der Waals surface area contributed by atoms with Crippen LogP contribution in [0.5, 0.6) is 0 Å². The molecule has 1 aliphatic rings. The topological polar surface area (TPSA) is 101 Å². The highest BCUT2D eigenvalue weighted by Crippen LogP contribution is 2.34. The van der Waals surface area contributed by atoms with E-state index >= 15 is 0 Å². The average molecular weight is 392 g/mol. The molecule has 4 rings (SSSR count). The smallest absolute Gasteiger partial charge is 0.231 e. The highest BCUT2D eigenvalue weighted by molar-refractivity contribution is 5.97. The first-order valence-corrected chi connectivity index (χ1v) is 9.97. The minimum Gasteiger partial charge on any atom is -0.338 e. The third kappa shape index (κ3) is 4.45. The molecule has 3 aromatic rings. The Hall–Kier alpha value is -3.22. The summed E-state index contributed by atoms with van der Waals surface area (Å²) in [5.41, 5.74) is 3.28. The molecule has 1 aromatic carbocycles. The third-order valence-corrected chi connectivity index (χ3v) is 5.59. The van der Waals surface area contributed by atoms with Crippen molar-refractivity contribution in [2.75, 3.05) is 5.32 Å². The van der Waals surface area contributed by atoms with Crippen molar-refractivity contribution in [3.8, 4) is 11.3 Å². The third-order valence-electron chi connectivity index (χ3n) is 5.59. The van der Waals surface area contributed by atoms with Crippen molar-refractivity contribution in [3.63, 3.8) is 0 Å². The number of anilines is 1. The quantitative estimate of drug-likeness (QED) is 0.606. The van der Waals surface area contributed by atoms with Gasteiger partial charge in [0.05, 0.1) is 11.4 Å². The Balaban J connectivity index is 1.42. The van der Waals surface area contributed by atoms with E-state index in [2.05, 4.69) is 20.7 Å². The molecule has 2 unspecified atom stereocenters. The molecule has 0 spiro atoms. The number of H-pyrrole nitrogens is 1. The number of nitrogens with one attached hydrogen (secondary N) is 2. The maximum atomic E-state index is 12.9. The lowest BCUT2D eigenvalue weighted by atomic mass is 9.75. The number of aryl methyl sites for hydroxylation is 1. The normalized spacial score (nSPS) is 19.1. The van der Waals surface area contributed by atoms with Gasteiger partial charge < -0.3 is 4.52 Å². The number of rotatable bonds is 6. The maximum absolute atomic E-state index is 12.9. The number of hydrogen-bond donors (Lipinski definition) is 2. The molecule has 150 valence electrons. The van der Waals surface area contributed by atoms with Crippen LogP contribution < -0.4 is 5.32 Å². The van der Waals surface area contributed by atoms with Gasteiger partial charge in [-0.05, 0) is 37.3 Å². The molecule has 29 heavy (non-hydrogen) atoms. The zero-order chi connectivity index (χ0) is 20.2. The average Bonchev–Trinajstić information content (AvgIpc) is 3.40. The molecule has 1 amide bonds. The zero-order valence-electron chi connectivity index (χ0n) is 16.4. The first-order valence-electron chi connectivity index (χ1n) is 9.97. The second-order valence-corrected chi connectivity index (χ2v) is 7.65. The Kier molecular flexibility index (Phi) is 5.55. The zero-order valence-corrected chi connectivity index (χ0v) is 16.4. The maximum Gasteiger partial charge on any atom is 0.231 e. The van der Waals surface area contributed by atoms with Gasteiger partial charge in [-0.15, -0.1) is 0 Å². The monoisotopic (exact) mass is 392 g/mol. The van der Waals surface area contributed by atoms with E-state index in [1.807, 2.05) is 30.3 Å². The van der Waals surface area contributed by atoms with E-state index in [0.717, 1.165) is 36.9 Å². The Morgan fingerprint density at radius 1 is 1.17 bits per heavy atom. The van der Waals surface area contributed by atoms with E-state index in [4.69, 9.17) is 4.52 Å². The van der Waals surface area contributed by atoms with Crippen LogP contribution in [-0.2, 0) is 4.79 Å². The van der Waals surface area contributed by atoms with E-state index in [0.29, 0.717) is 23.6 Å². The van der Waals surface area contributed by atoms with Crippen molar-refractivity contribution in [2.45, 2.75) is 39.0 Å². The van der Waals surface area contributed by atoms with Gasteiger partial charge in [0.15, 0.2) is 5.78 Å². The van der Waals surface area contributed by atoms with Gasteiger partial charge in [0.25, 0.3) is 0 Å². The van der Waals surface area contributed by atoms with Crippen LogP contribution in [0, 0.1) is 18.8 Å². The van der Waals surface area contributed by atoms with Gasteiger partial charge in [-0.3, -0.25) is 20.0 Å². The molecule has 2 N–H and O–H groups in total. The van der Waals surface area contributed by atoms with Gasteiger partial charge in [0, 0.05) is 30.2 Å². The van der Waals surface area contributed by atoms with Crippen LogP contribution in [0.2, 0.25) is 0 Å². The summed E-state index contributed by atoms with van der Waals surface area (Å²) in [5.74, 6) is 0.182. The van der Waals surface area contributed by atoms with Crippen LogP contribution in [0.3, 0.4) is 0 Å².